The number of aldehydes is 1. The van der Waals surface area contributed by atoms with Crippen LogP contribution >= 0.6 is 0 Å². The van der Waals surface area contributed by atoms with E-state index in [2.05, 4.69) is 46.8 Å². The summed E-state index contributed by atoms with van der Waals surface area (Å²) >= 11 is 0. The number of imidazole rings is 1. The number of nitrogens with zero attached hydrogens (tertiary/aromatic N) is 4. The summed E-state index contributed by atoms with van der Waals surface area (Å²) in [6.07, 6.45) is 6.05. The smallest absolute Gasteiger partial charge is 0.277 e. The van der Waals surface area contributed by atoms with Gasteiger partial charge in [-0.15, -0.1) is 0 Å². The van der Waals surface area contributed by atoms with Crippen molar-refractivity contribution in [3.05, 3.63) is 118 Å². The van der Waals surface area contributed by atoms with Gasteiger partial charge in [-0.1, -0.05) is 74.0 Å². The van der Waals surface area contributed by atoms with Gasteiger partial charge in [-0.3, -0.25) is 9.59 Å². The number of carbonyl (C=O) groups excluding carboxylic acids is 2. The molecule has 0 saturated heterocycles. The van der Waals surface area contributed by atoms with Crippen molar-refractivity contribution in [1.82, 2.24) is 9.55 Å². The first-order valence-electron chi connectivity index (χ1n) is 13.5. The molecule has 4 aromatic rings. The number of aryl methyl sites for hydroxylation is 1. The Morgan fingerprint density at radius 2 is 1.82 bits per heavy atom. The minimum absolute atomic E-state index is 0.303. The summed E-state index contributed by atoms with van der Waals surface area (Å²) in [5, 5.41) is 9.50. The van der Waals surface area contributed by atoms with Gasteiger partial charge >= 0.3 is 0 Å². The maximum absolute atomic E-state index is 13.0. The Kier molecular flexibility index (Phi) is 7.93. The number of aliphatic imine (C=N–C) groups is 1. The van der Waals surface area contributed by atoms with E-state index in [1.54, 1.807) is 24.3 Å². The molecule has 6 heteroatoms. The van der Waals surface area contributed by atoms with E-state index >= 15 is 0 Å². The fourth-order valence-corrected chi connectivity index (χ4v) is 5.15. The van der Waals surface area contributed by atoms with E-state index in [1.165, 1.54) is 0 Å². The number of rotatable bonds is 8. The first-order chi connectivity index (χ1) is 19.5. The van der Waals surface area contributed by atoms with Gasteiger partial charge in [-0.2, -0.15) is 5.26 Å². The number of nitriles is 1. The van der Waals surface area contributed by atoms with Gasteiger partial charge in [0.2, 0.25) is 0 Å². The minimum atomic E-state index is -0.421. The van der Waals surface area contributed by atoms with Crippen LogP contribution < -0.4 is 0 Å². The molecule has 0 spiro atoms. The van der Waals surface area contributed by atoms with Crippen LogP contribution in [0.15, 0.2) is 83.9 Å². The summed E-state index contributed by atoms with van der Waals surface area (Å²) in [5.41, 5.74) is 7.95. The summed E-state index contributed by atoms with van der Waals surface area (Å²) < 4.78 is 2.26. The van der Waals surface area contributed by atoms with Gasteiger partial charge in [0.15, 0.2) is 6.29 Å². The lowest BCUT2D eigenvalue weighted by Gasteiger charge is -2.17. The van der Waals surface area contributed by atoms with Gasteiger partial charge in [0.25, 0.3) is 5.91 Å². The zero-order valence-corrected chi connectivity index (χ0v) is 22.7. The normalized spacial score (nSPS) is 13.4. The predicted octanol–water partition coefficient (Wildman–Crippen LogP) is 6.87. The lowest BCUT2D eigenvalue weighted by Crippen LogP contribution is -2.16. The molecule has 0 radical (unpaired) electrons. The second-order valence-corrected chi connectivity index (χ2v) is 9.98. The lowest BCUT2D eigenvalue weighted by atomic mass is 9.98. The summed E-state index contributed by atoms with van der Waals surface area (Å²) in [5.74, 6) is 0.605. The van der Waals surface area contributed by atoms with Crippen molar-refractivity contribution >= 4 is 23.5 Å². The molecule has 0 saturated carbocycles. The molecule has 198 valence electrons. The van der Waals surface area contributed by atoms with Crippen molar-refractivity contribution < 1.29 is 9.59 Å². The average Bonchev–Trinajstić information content (AvgIpc) is 3.33. The Balaban J connectivity index is 1.47. The maximum atomic E-state index is 13.0. The number of fused-ring (bicyclic) bond motifs is 1. The van der Waals surface area contributed by atoms with E-state index < -0.39 is 5.91 Å². The monoisotopic (exact) mass is 526 g/mol. The molecule has 0 N–H and O–H groups in total. The molecular weight excluding hydrogens is 496 g/mol. The Morgan fingerprint density at radius 1 is 1.07 bits per heavy atom. The quantitative estimate of drug-likeness (QED) is 0.235. The van der Waals surface area contributed by atoms with E-state index in [1.807, 2.05) is 37.3 Å². The number of hydrogen-bond acceptors (Lipinski definition) is 4. The van der Waals surface area contributed by atoms with Crippen molar-refractivity contribution in [3.63, 3.8) is 0 Å². The zero-order valence-electron chi connectivity index (χ0n) is 22.7. The fourth-order valence-electron chi connectivity index (χ4n) is 5.15. The van der Waals surface area contributed by atoms with Crippen molar-refractivity contribution in [2.45, 2.75) is 46.1 Å². The highest BCUT2D eigenvalue weighted by molar-refractivity contribution is 6.13. The summed E-state index contributed by atoms with van der Waals surface area (Å²) in [6, 6.07) is 24.9. The number of unbranched alkanes of at least 4 members (excludes halogenated alkanes) is 1. The zero-order chi connectivity index (χ0) is 28.1. The second kappa shape index (κ2) is 11.9. The van der Waals surface area contributed by atoms with Crippen molar-refractivity contribution in [1.29, 1.82) is 5.26 Å². The highest BCUT2D eigenvalue weighted by Gasteiger charge is 2.24. The van der Waals surface area contributed by atoms with Gasteiger partial charge in [0.05, 0.1) is 34.3 Å². The maximum Gasteiger partial charge on any atom is 0.277 e. The molecule has 0 atom stereocenters. The standard InChI is InChI=1S/C34H30N4O2/c1-3-4-13-32-37-33-23(2)18-28(36-34(40)30-12-8-6-10-27(30)22-39)19-31(33)38(32)21-24-14-16-25(17-15-24)29-11-7-5-9-26(29)20-35/h5-12,14-18,22H,3-4,13,19,21H2,1-2H3. The van der Waals surface area contributed by atoms with E-state index in [0.717, 1.165) is 58.7 Å². The van der Waals surface area contributed by atoms with Crippen LogP contribution in [0.4, 0.5) is 0 Å². The van der Waals surface area contributed by atoms with Crippen LogP contribution in [0.3, 0.4) is 0 Å². The number of aromatic nitrogens is 2. The summed E-state index contributed by atoms with van der Waals surface area (Å²) in [7, 11) is 0. The van der Waals surface area contributed by atoms with Gasteiger partial charge < -0.3 is 4.57 Å². The van der Waals surface area contributed by atoms with Gasteiger partial charge in [-0.25, -0.2) is 9.98 Å². The van der Waals surface area contributed by atoms with Crippen LogP contribution in [-0.4, -0.2) is 27.5 Å². The summed E-state index contributed by atoms with van der Waals surface area (Å²) in [6.45, 7) is 4.81. The number of benzene rings is 3. The highest BCUT2D eigenvalue weighted by Crippen LogP contribution is 2.29. The van der Waals surface area contributed by atoms with Crippen molar-refractivity contribution in [2.75, 3.05) is 0 Å². The van der Waals surface area contributed by atoms with Crippen LogP contribution in [0.2, 0.25) is 0 Å². The number of carbonyl (C=O) groups is 2. The minimum Gasteiger partial charge on any atom is -0.327 e. The second-order valence-electron chi connectivity index (χ2n) is 9.98. The first-order valence-corrected chi connectivity index (χ1v) is 13.5. The molecule has 0 fully saturated rings. The van der Waals surface area contributed by atoms with Crippen molar-refractivity contribution in [3.8, 4) is 17.2 Å². The van der Waals surface area contributed by atoms with Crippen LogP contribution in [0.25, 0.3) is 16.7 Å². The van der Waals surface area contributed by atoms with Gasteiger partial charge in [-0.05, 0) is 53.8 Å². The predicted molar refractivity (Wildman–Crippen MR) is 157 cm³/mol. The molecule has 6 nitrogen and oxygen atoms in total. The largest absolute Gasteiger partial charge is 0.327 e. The van der Waals surface area contributed by atoms with Crippen LogP contribution in [0.1, 0.15) is 75.7 Å². The third-order valence-corrected chi connectivity index (χ3v) is 7.23. The molecule has 1 aliphatic carbocycles. The molecule has 5 rings (SSSR count). The fraction of sp³-hybridized carbons (Fsp3) is 0.206. The molecule has 0 aliphatic heterocycles. The molecule has 40 heavy (non-hydrogen) atoms. The molecule has 1 aromatic heterocycles. The average molecular weight is 527 g/mol. The molecule has 1 amide bonds. The van der Waals surface area contributed by atoms with Crippen LogP contribution in [0, 0.1) is 11.3 Å². The third-order valence-electron chi connectivity index (χ3n) is 7.23. The van der Waals surface area contributed by atoms with E-state index in [-0.39, 0.29) is 0 Å². The Bertz CT molecular complexity index is 1680. The highest BCUT2D eigenvalue weighted by atomic mass is 16.1. The van der Waals surface area contributed by atoms with Gasteiger partial charge in [0, 0.05) is 24.9 Å². The molecule has 0 unspecified atom stereocenters. The SMILES string of the molecule is CCCCc1nc2c(n1Cc1ccc(-c3ccccc3C#N)cc1)CC(=NC(=O)c1ccccc1C=O)C=C2C. The number of amides is 1. The van der Waals surface area contributed by atoms with Gasteiger partial charge in [0.1, 0.15) is 5.82 Å². The van der Waals surface area contributed by atoms with Crippen molar-refractivity contribution in [2.24, 2.45) is 4.99 Å². The van der Waals surface area contributed by atoms with E-state index in [4.69, 9.17) is 4.98 Å². The third kappa shape index (κ3) is 5.45. The summed E-state index contributed by atoms with van der Waals surface area (Å²) in [4.78, 5) is 33.9. The van der Waals surface area contributed by atoms with E-state index in [9.17, 15) is 14.9 Å². The Morgan fingerprint density at radius 3 is 2.58 bits per heavy atom. The van der Waals surface area contributed by atoms with E-state index in [0.29, 0.717) is 41.7 Å². The van der Waals surface area contributed by atoms with Crippen LogP contribution in [-0.2, 0) is 19.4 Å². The lowest BCUT2D eigenvalue weighted by molar-refractivity contribution is 0.0995. The Hall–Kier alpha value is -4.89. The molecule has 1 heterocycles. The number of allylic oxidation sites excluding steroid dienone is 2. The Labute approximate surface area is 234 Å². The topological polar surface area (TPSA) is 88.1 Å². The molecule has 3 aromatic carbocycles. The van der Waals surface area contributed by atoms with Crippen LogP contribution in [0.5, 0.6) is 0 Å². The number of hydrogen-bond donors (Lipinski definition) is 0. The molecule has 1 aliphatic rings. The molecule has 0 bridgehead atoms. The molecular formula is C34H30N4O2. The first kappa shape index (κ1) is 26.7.